The first-order chi connectivity index (χ1) is 3.39. The van der Waals surface area contributed by atoms with E-state index in [1.54, 1.807) is 12.3 Å². The topological polar surface area (TPSA) is 29.4 Å². The lowest BCUT2D eigenvalue weighted by atomic mass is 10.3. The minimum Gasteiger partial charge on any atom is -0.293 e. The molecule has 0 N–H and O–H groups in total. The van der Waals surface area contributed by atoms with Gasteiger partial charge in [-0.2, -0.15) is 0 Å². The molecule has 0 fully saturated rings. The summed E-state index contributed by atoms with van der Waals surface area (Å²) in [5.41, 5.74) is 0. The predicted octanol–water partition coefficient (Wildman–Crippen LogP) is 0.814. The molecule has 1 aliphatic heterocycles. The standard InChI is InChI=1S/C5H5NO.HI/c7-5-2-1-3-6-4-5;/h1-3H,4H2;1H. The number of ketones is 1. The molecule has 0 spiro atoms. The molecule has 0 saturated carbocycles. The molecule has 1 aliphatic rings. The second kappa shape index (κ2) is 3.77. The summed E-state index contributed by atoms with van der Waals surface area (Å²) in [6, 6.07) is 0. The minimum absolute atomic E-state index is 0. The van der Waals surface area contributed by atoms with Crippen molar-refractivity contribution in [2.45, 2.75) is 0 Å². The molecular formula is C5H6INO. The van der Waals surface area contributed by atoms with Crippen LogP contribution in [0.25, 0.3) is 0 Å². The number of hydrogen-bond acceptors (Lipinski definition) is 2. The first-order valence-electron chi connectivity index (χ1n) is 2.09. The van der Waals surface area contributed by atoms with Gasteiger partial charge in [0.2, 0.25) is 0 Å². The lowest BCUT2D eigenvalue weighted by molar-refractivity contribution is -0.113. The molecular weight excluding hydrogens is 217 g/mol. The number of allylic oxidation sites excluding steroid dienone is 1. The normalized spacial score (nSPS) is 15.8. The Kier molecular flexibility index (Phi) is 3.68. The molecule has 1 rings (SSSR count). The van der Waals surface area contributed by atoms with Crippen LogP contribution in [0.2, 0.25) is 0 Å². The largest absolute Gasteiger partial charge is 0.293 e. The first-order valence-corrected chi connectivity index (χ1v) is 2.09. The van der Waals surface area contributed by atoms with Crippen molar-refractivity contribution in [3.63, 3.8) is 0 Å². The molecule has 0 aromatic carbocycles. The van der Waals surface area contributed by atoms with Gasteiger partial charge in [-0.3, -0.25) is 9.79 Å². The van der Waals surface area contributed by atoms with E-state index in [1.165, 1.54) is 6.08 Å². The highest BCUT2D eigenvalue weighted by molar-refractivity contribution is 14.0. The molecule has 0 unspecified atom stereocenters. The summed E-state index contributed by atoms with van der Waals surface area (Å²) in [6.07, 6.45) is 4.79. The number of hydrogen-bond donors (Lipinski definition) is 0. The van der Waals surface area contributed by atoms with Gasteiger partial charge in [0.1, 0.15) is 6.54 Å². The van der Waals surface area contributed by atoms with Crippen molar-refractivity contribution < 1.29 is 4.79 Å². The summed E-state index contributed by atoms with van der Waals surface area (Å²) in [5, 5.41) is 0. The zero-order valence-corrected chi connectivity index (χ0v) is 6.53. The molecule has 0 atom stereocenters. The third-order valence-electron chi connectivity index (χ3n) is 0.721. The van der Waals surface area contributed by atoms with E-state index in [4.69, 9.17) is 0 Å². The van der Waals surface area contributed by atoms with Crippen LogP contribution >= 0.6 is 24.0 Å². The average molecular weight is 223 g/mol. The number of halogens is 1. The highest BCUT2D eigenvalue weighted by Crippen LogP contribution is 1.82. The van der Waals surface area contributed by atoms with Gasteiger partial charge in [-0.05, 0) is 12.2 Å². The maximum absolute atomic E-state index is 10.3. The summed E-state index contributed by atoms with van der Waals surface area (Å²) in [7, 11) is 0. The van der Waals surface area contributed by atoms with E-state index >= 15 is 0 Å². The van der Waals surface area contributed by atoms with E-state index < -0.39 is 0 Å². The van der Waals surface area contributed by atoms with Crippen LogP contribution in [0, 0.1) is 0 Å². The summed E-state index contributed by atoms with van der Waals surface area (Å²) in [5.74, 6) is 0.0856. The SMILES string of the molecule is I.O=C1C=CC=NC1. The molecule has 0 aromatic heterocycles. The highest BCUT2D eigenvalue weighted by Gasteiger charge is 1.93. The Bertz CT molecular complexity index is 139. The van der Waals surface area contributed by atoms with Crippen LogP contribution in [0.3, 0.4) is 0 Å². The zero-order chi connectivity index (χ0) is 5.11. The van der Waals surface area contributed by atoms with Crippen LogP contribution in [-0.4, -0.2) is 18.5 Å². The maximum atomic E-state index is 10.3. The Labute approximate surface area is 64.7 Å². The van der Waals surface area contributed by atoms with Crippen molar-refractivity contribution in [2.24, 2.45) is 4.99 Å². The van der Waals surface area contributed by atoms with Gasteiger partial charge in [0.05, 0.1) is 0 Å². The van der Waals surface area contributed by atoms with Crippen molar-refractivity contribution in [1.82, 2.24) is 0 Å². The van der Waals surface area contributed by atoms with Crippen LogP contribution < -0.4 is 0 Å². The number of carbonyl (C=O) groups excluding carboxylic acids is 1. The fraction of sp³-hybridized carbons (Fsp3) is 0.200. The van der Waals surface area contributed by atoms with E-state index in [0.29, 0.717) is 6.54 Å². The van der Waals surface area contributed by atoms with E-state index in [1.807, 2.05) is 0 Å². The molecule has 0 radical (unpaired) electrons. The van der Waals surface area contributed by atoms with Crippen molar-refractivity contribution in [1.29, 1.82) is 0 Å². The molecule has 1 heterocycles. The lowest BCUT2D eigenvalue weighted by Gasteiger charge is -1.88. The van der Waals surface area contributed by atoms with Crippen molar-refractivity contribution in [3.05, 3.63) is 12.2 Å². The molecule has 3 heteroatoms. The van der Waals surface area contributed by atoms with Gasteiger partial charge in [0, 0.05) is 6.21 Å². The molecule has 0 aliphatic carbocycles. The lowest BCUT2D eigenvalue weighted by Crippen LogP contribution is -2.00. The Morgan fingerprint density at radius 2 is 2.38 bits per heavy atom. The molecule has 44 valence electrons. The van der Waals surface area contributed by atoms with Crippen molar-refractivity contribution in [2.75, 3.05) is 6.54 Å². The highest BCUT2D eigenvalue weighted by atomic mass is 127. The zero-order valence-electron chi connectivity index (χ0n) is 4.20. The smallest absolute Gasteiger partial charge is 0.177 e. The number of nitrogens with zero attached hydrogens (tertiary/aromatic N) is 1. The average Bonchev–Trinajstić information content (AvgIpc) is 1.69. The predicted molar refractivity (Wildman–Crippen MR) is 42.9 cm³/mol. The second-order valence-corrected chi connectivity index (χ2v) is 1.32. The molecule has 2 nitrogen and oxygen atoms in total. The maximum Gasteiger partial charge on any atom is 0.177 e. The minimum atomic E-state index is 0. The Morgan fingerprint density at radius 1 is 1.62 bits per heavy atom. The van der Waals surface area contributed by atoms with Gasteiger partial charge in [0.25, 0.3) is 0 Å². The number of aliphatic imine (C=N–C) groups is 1. The number of rotatable bonds is 0. The van der Waals surface area contributed by atoms with Gasteiger partial charge in [-0.25, -0.2) is 0 Å². The quantitative estimate of drug-likeness (QED) is 0.559. The van der Waals surface area contributed by atoms with Crippen molar-refractivity contribution >= 4 is 36.0 Å². The Balaban J connectivity index is 0.000000490. The summed E-state index contributed by atoms with van der Waals surface area (Å²) >= 11 is 0. The van der Waals surface area contributed by atoms with Crippen LogP contribution in [0.4, 0.5) is 0 Å². The second-order valence-electron chi connectivity index (χ2n) is 1.32. The Morgan fingerprint density at radius 3 is 2.62 bits per heavy atom. The van der Waals surface area contributed by atoms with Crippen LogP contribution in [0.1, 0.15) is 0 Å². The summed E-state index contributed by atoms with van der Waals surface area (Å²) in [6.45, 7) is 0.330. The van der Waals surface area contributed by atoms with Crippen molar-refractivity contribution in [3.8, 4) is 0 Å². The molecule has 8 heavy (non-hydrogen) atoms. The van der Waals surface area contributed by atoms with Gasteiger partial charge in [-0.15, -0.1) is 24.0 Å². The fourth-order valence-corrected chi connectivity index (χ4v) is 0.407. The number of carbonyl (C=O) groups is 1. The summed E-state index contributed by atoms with van der Waals surface area (Å²) in [4.78, 5) is 14.0. The fourth-order valence-electron chi connectivity index (χ4n) is 0.407. The van der Waals surface area contributed by atoms with Crippen LogP contribution in [0.15, 0.2) is 17.1 Å². The molecule has 0 aromatic rings. The molecule has 0 amide bonds. The van der Waals surface area contributed by atoms with Gasteiger partial charge in [-0.1, -0.05) is 0 Å². The van der Waals surface area contributed by atoms with E-state index in [0.717, 1.165) is 0 Å². The Hall–Kier alpha value is -0.190. The van der Waals surface area contributed by atoms with Crippen LogP contribution in [-0.2, 0) is 4.79 Å². The third-order valence-corrected chi connectivity index (χ3v) is 0.721. The van der Waals surface area contributed by atoms with Gasteiger partial charge < -0.3 is 0 Å². The van der Waals surface area contributed by atoms with Gasteiger partial charge >= 0.3 is 0 Å². The third kappa shape index (κ3) is 2.20. The van der Waals surface area contributed by atoms with E-state index in [-0.39, 0.29) is 29.8 Å². The summed E-state index contributed by atoms with van der Waals surface area (Å²) < 4.78 is 0. The van der Waals surface area contributed by atoms with Crippen LogP contribution in [0.5, 0.6) is 0 Å². The molecule has 0 bridgehead atoms. The first kappa shape index (κ1) is 7.81. The molecule has 0 saturated heterocycles. The van der Waals surface area contributed by atoms with E-state index in [9.17, 15) is 4.79 Å². The number of dihydropyridines is 1. The van der Waals surface area contributed by atoms with Gasteiger partial charge in [0.15, 0.2) is 5.78 Å². The van der Waals surface area contributed by atoms with E-state index in [2.05, 4.69) is 4.99 Å². The monoisotopic (exact) mass is 223 g/mol.